The van der Waals surface area contributed by atoms with E-state index in [4.69, 9.17) is 4.74 Å². The molecule has 0 bridgehead atoms. The second-order valence-corrected chi connectivity index (χ2v) is 6.98. The highest BCUT2D eigenvalue weighted by atomic mass is 16.5. The molecule has 2 heterocycles. The fourth-order valence-corrected chi connectivity index (χ4v) is 3.19. The molecule has 8 heteroatoms. The van der Waals surface area contributed by atoms with Gasteiger partial charge in [0.25, 0.3) is 0 Å². The fourth-order valence-electron chi connectivity index (χ4n) is 3.19. The molecule has 1 fully saturated rings. The van der Waals surface area contributed by atoms with Crippen molar-refractivity contribution in [2.45, 2.75) is 0 Å². The van der Waals surface area contributed by atoms with Gasteiger partial charge >= 0.3 is 0 Å². The summed E-state index contributed by atoms with van der Waals surface area (Å²) >= 11 is 0. The van der Waals surface area contributed by atoms with Gasteiger partial charge in [0.1, 0.15) is 5.75 Å². The Labute approximate surface area is 170 Å². The van der Waals surface area contributed by atoms with Crippen LogP contribution in [0.5, 0.6) is 5.75 Å². The number of piperazine rings is 1. The maximum atomic E-state index is 5.17. The summed E-state index contributed by atoms with van der Waals surface area (Å²) in [5.41, 5.74) is 3.06. The van der Waals surface area contributed by atoms with Crippen LogP contribution >= 0.6 is 0 Å². The molecular weight excluding hydrogens is 366 g/mol. The minimum Gasteiger partial charge on any atom is -0.497 e. The lowest BCUT2D eigenvalue weighted by Gasteiger charge is -2.34. The Balaban J connectivity index is 1.39. The molecule has 4 rings (SSSR count). The van der Waals surface area contributed by atoms with Crippen LogP contribution in [0.2, 0.25) is 0 Å². The van der Waals surface area contributed by atoms with Gasteiger partial charge in [-0.25, -0.2) is 0 Å². The molecule has 1 aliphatic heterocycles. The van der Waals surface area contributed by atoms with Gasteiger partial charge in [-0.1, -0.05) is 0 Å². The highest BCUT2D eigenvalue weighted by molar-refractivity contribution is 5.62. The van der Waals surface area contributed by atoms with E-state index in [9.17, 15) is 0 Å². The van der Waals surface area contributed by atoms with Crippen LogP contribution in [0, 0.1) is 0 Å². The van der Waals surface area contributed by atoms with Crippen molar-refractivity contribution in [1.29, 1.82) is 0 Å². The van der Waals surface area contributed by atoms with Crippen LogP contribution < -0.4 is 20.3 Å². The van der Waals surface area contributed by atoms with Crippen molar-refractivity contribution in [3.8, 4) is 5.75 Å². The molecule has 150 valence electrons. The number of hydrogen-bond acceptors (Lipinski definition) is 8. The number of aromatic nitrogens is 3. The van der Waals surface area contributed by atoms with Gasteiger partial charge in [-0.05, 0) is 55.6 Å². The number of likely N-dealkylation sites (N-methyl/N-ethyl adjacent to an activating group) is 1. The number of ether oxygens (including phenoxy) is 1. The number of nitrogens with zero attached hydrogens (tertiary/aromatic N) is 5. The second kappa shape index (κ2) is 8.74. The normalized spacial score (nSPS) is 14.5. The van der Waals surface area contributed by atoms with Crippen molar-refractivity contribution in [2.24, 2.45) is 0 Å². The Morgan fingerprint density at radius 2 is 1.52 bits per heavy atom. The van der Waals surface area contributed by atoms with Crippen LogP contribution in [0.3, 0.4) is 0 Å². The first kappa shape index (κ1) is 18.9. The summed E-state index contributed by atoms with van der Waals surface area (Å²) in [7, 11) is 3.81. The van der Waals surface area contributed by atoms with E-state index in [1.54, 1.807) is 13.3 Å². The molecule has 1 aromatic heterocycles. The van der Waals surface area contributed by atoms with Crippen molar-refractivity contribution in [3.05, 3.63) is 54.7 Å². The van der Waals surface area contributed by atoms with Crippen LogP contribution in [0.15, 0.2) is 54.7 Å². The van der Waals surface area contributed by atoms with Gasteiger partial charge in [-0.3, -0.25) is 0 Å². The molecule has 0 radical (unpaired) electrons. The fraction of sp³-hybridized carbons (Fsp3) is 0.286. The molecule has 2 aromatic carbocycles. The van der Waals surface area contributed by atoms with Gasteiger partial charge < -0.3 is 25.2 Å². The molecule has 1 aliphatic rings. The molecule has 0 atom stereocenters. The summed E-state index contributed by atoms with van der Waals surface area (Å²) in [6.07, 6.45) is 1.60. The van der Waals surface area contributed by atoms with Crippen molar-refractivity contribution in [2.75, 3.05) is 55.9 Å². The summed E-state index contributed by atoms with van der Waals surface area (Å²) in [4.78, 5) is 9.25. The summed E-state index contributed by atoms with van der Waals surface area (Å²) in [5, 5.41) is 14.5. The van der Waals surface area contributed by atoms with E-state index >= 15 is 0 Å². The van der Waals surface area contributed by atoms with E-state index in [1.165, 1.54) is 5.69 Å². The van der Waals surface area contributed by atoms with Crippen LogP contribution in [0.1, 0.15) is 0 Å². The molecule has 8 nitrogen and oxygen atoms in total. The van der Waals surface area contributed by atoms with Gasteiger partial charge in [0, 0.05) is 43.2 Å². The van der Waals surface area contributed by atoms with Gasteiger partial charge in [0.2, 0.25) is 5.95 Å². The lowest BCUT2D eigenvalue weighted by Crippen LogP contribution is -2.44. The predicted molar refractivity (Wildman–Crippen MR) is 116 cm³/mol. The third-order valence-corrected chi connectivity index (χ3v) is 4.91. The zero-order valence-electron chi connectivity index (χ0n) is 16.7. The van der Waals surface area contributed by atoms with Gasteiger partial charge in [-0.15, -0.1) is 5.10 Å². The monoisotopic (exact) mass is 391 g/mol. The van der Waals surface area contributed by atoms with Crippen molar-refractivity contribution in [3.63, 3.8) is 0 Å². The SMILES string of the molecule is COc1ccc(Nc2nncc(Nc3ccc(N4CCN(C)CC4)cc3)n2)cc1. The van der Waals surface area contributed by atoms with Gasteiger partial charge in [-0.2, -0.15) is 10.1 Å². The number of methoxy groups -OCH3 is 1. The van der Waals surface area contributed by atoms with E-state index in [2.05, 4.69) is 66.9 Å². The molecule has 0 amide bonds. The Bertz CT molecular complexity index is 923. The van der Waals surface area contributed by atoms with Crippen molar-refractivity contribution in [1.82, 2.24) is 20.1 Å². The zero-order valence-corrected chi connectivity index (χ0v) is 16.7. The third-order valence-electron chi connectivity index (χ3n) is 4.91. The maximum Gasteiger partial charge on any atom is 0.249 e. The van der Waals surface area contributed by atoms with Crippen LogP contribution in [0.25, 0.3) is 0 Å². The number of anilines is 5. The first-order valence-electron chi connectivity index (χ1n) is 9.61. The maximum absolute atomic E-state index is 5.17. The van der Waals surface area contributed by atoms with E-state index < -0.39 is 0 Å². The number of nitrogens with one attached hydrogen (secondary N) is 2. The number of rotatable bonds is 6. The first-order valence-corrected chi connectivity index (χ1v) is 9.61. The molecule has 3 aromatic rings. The highest BCUT2D eigenvalue weighted by Crippen LogP contribution is 2.22. The lowest BCUT2D eigenvalue weighted by molar-refractivity contribution is 0.313. The third kappa shape index (κ3) is 4.91. The Morgan fingerprint density at radius 3 is 2.21 bits per heavy atom. The average molecular weight is 391 g/mol. The number of benzene rings is 2. The smallest absolute Gasteiger partial charge is 0.249 e. The molecule has 29 heavy (non-hydrogen) atoms. The molecule has 0 unspecified atom stereocenters. The van der Waals surface area contributed by atoms with E-state index in [0.29, 0.717) is 11.8 Å². The summed E-state index contributed by atoms with van der Waals surface area (Å²) in [6, 6.07) is 16.0. The molecule has 0 spiro atoms. The van der Waals surface area contributed by atoms with Crippen LogP contribution in [0.4, 0.5) is 28.8 Å². The molecular formula is C21H25N7O. The molecule has 1 saturated heterocycles. The molecule has 2 N–H and O–H groups in total. The van der Waals surface area contributed by atoms with Gasteiger partial charge in [0.15, 0.2) is 5.82 Å². The average Bonchev–Trinajstić information content (AvgIpc) is 2.76. The summed E-state index contributed by atoms with van der Waals surface area (Å²) in [6.45, 7) is 4.30. The zero-order chi connectivity index (χ0) is 20.1. The Kier molecular flexibility index (Phi) is 5.71. The predicted octanol–water partition coefficient (Wildman–Crippen LogP) is 3.12. The lowest BCUT2D eigenvalue weighted by atomic mass is 10.2. The van der Waals surface area contributed by atoms with E-state index in [-0.39, 0.29) is 0 Å². The highest BCUT2D eigenvalue weighted by Gasteiger charge is 2.14. The van der Waals surface area contributed by atoms with Crippen molar-refractivity contribution >= 4 is 28.8 Å². The van der Waals surface area contributed by atoms with Crippen molar-refractivity contribution < 1.29 is 4.74 Å². The topological polar surface area (TPSA) is 78.4 Å². The van der Waals surface area contributed by atoms with Crippen LogP contribution in [-0.2, 0) is 0 Å². The minimum absolute atomic E-state index is 0.425. The van der Waals surface area contributed by atoms with E-state index in [0.717, 1.165) is 43.3 Å². The minimum atomic E-state index is 0.425. The first-order chi connectivity index (χ1) is 14.2. The Hall–Kier alpha value is -3.39. The largest absolute Gasteiger partial charge is 0.497 e. The second-order valence-electron chi connectivity index (χ2n) is 6.98. The molecule has 0 aliphatic carbocycles. The quantitative estimate of drug-likeness (QED) is 0.664. The number of hydrogen-bond donors (Lipinski definition) is 2. The summed E-state index contributed by atoms with van der Waals surface area (Å²) < 4.78 is 5.17. The Morgan fingerprint density at radius 1 is 0.862 bits per heavy atom. The standard InChI is InChI=1S/C21H25N7O/c1-27-11-13-28(14-12-27)18-7-3-16(4-8-18)23-20-15-22-26-21(25-20)24-17-5-9-19(29-2)10-6-17/h3-10,15H,11-14H2,1-2H3,(H2,23,24,25,26). The summed E-state index contributed by atoms with van der Waals surface area (Å²) in [5.74, 6) is 1.85. The van der Waals surface area contributed by atoms with Gasteiger partial charge in [0.05, 0.1) is 13.3 Å². The molecule has 0 saturated carbocycles. The van der Waals surface area contributed by atoms with E-state index in [1.807, 2.05) is 24.3 Å². The van der Waals surface area contributed by atoms with Crippen LogP contribution in [-0.4, -0.2) is 60.4 Å².